The van der Waals surface area contributed by atoms with Gasteiger partial charge in [-0.3, -0.25) is 0 Å². The number of hydrogen-bond acceptors (Lipinski definition) is 3. The van der Waals surface area contributed by atoms with Crippen LogP contribution in [-0.2, 0) is 17.8 Å². The first-order valence-electron chi connectivity index (χ1n) is 7.04. The van der Waals surface area contributed by atoms with Gasteiger partial charge in [0.1, 0.15) is 0 Å². The first kappa shape index (κ1) is 15.3. The Balaban J connectivity index is 2.63. The molecule has 1 N–H and O–H groups in total. The number of hydrogen-bond donors (Lipinski definition) is 1. The van der Waals surface area contributed by atoms with Gasteiger partial charge in [-0.05, 0) is 36.6 Å². The van der Waals surface area contributed by atoms with Crippen molar-refractivity contribution in [3.63, 3.8) is 0 Å². The van der Waals surface area contributed by atoms with Gasteiger partial charge in [-0.2, -0.15) is 0 Å². The molecule has 0 saturated carbocycles. The van der Waals surface area contributed by atoms with Crippen molar-refractivity contribution in [2.24, 2.45) is 0 Å². The lowest BCUT2D eigenvalue weighted by atomic mass is 10.1. The lowest BCUT2D eigenvalue weighted by molar-refractivity contribution is 0.182. The number of anilines is 1. The van der Waals surface area contributed by atoms with Gasteiger partial charge in [-0.15, -0.1) is 0 Å². The average Bonchev–Trinajstić information content (AvgIpc) is 2.44. The van der Waals surface area contributed by atoms with Gasteiger partial charge in [0, 0.05) is 29.2 Å². The number of aromatic nitrogens is 1. The minimum atomic E-state index is 0.538. The lowest BCUT2D eigenvalue weighted by Gasteiger charge is -2.14. The minimum Gasteiger partial charge on any atom is -0.384 e. The van der Waals surface area contributed by atoms with E-state index in [4.69, 9.17) is 9.72 Å². The highest BCUT2D eigenvalue weighted by Gasteiger charge is 2.10. The zero-order valence-electron chi connectivity index (χ0n) is 12.3. The topological polar surface area (TPSA) is 34.1 Å². The Labute approximate surface area is 128 Å². The number of benzene rings is 1. The van der Waals surface area contributed by atoms with Gasteiger partial charge in [0.2, 0.25) is 0 Å². The third-order valence-corrected chi connectivity index (χ3v) is 3.71. The van der Waals surface area contributed by atoms with Crippen LogP contribution in [0.3, 0.4) is 0 Å². The molecule has 2 aromatic rings. The van der Waals surface area contributed by atoms with Gasteiger partial charge < -0.3 is 10.1 Å². The Morgan fingerprint density at radius 3 is 2.70 bits per heavy atom. The summed E-state index contributed by atoms with van der Waals surface area (Å²) in [6.07, 6.45) is 2.06. The van der Waals surface area contributed by atoms with Gasteiger partial charge in [0.05, 0.1) is 17.8 Å². The Kier molecular flexibility index (Phi) is 5.38. The fourth-order valence-electron chi connectivity index (χ4n) is 2.31. The summed E-state index contributed by atoms with van der Waals surface area (Å²) in [5, 5.41) is 4.67. The molecule has 0 fully saturated rings. The fourth-order valence-corrected chi connectivity index (χ4v) is 2.82. The molecule has 0 aliphatic heterocycles. The van der Waals surface area contributed by atoms with E-state index in [0.717, 1.165) is 40.8 Å². The molecule has 108 valence electrons. The van der Waals surface area contributed by atoms with Crippen LogP contribution in [0.1, 0.15) is 31.5 Å². The van der Waals surface area contributed by atoms with Gasteiger partial charge >= 0.3 is 0 Å². The van der Waals surface area contributed by atoms with Crippen molar-refractivity contribution < 1.29 is 4.74 Å². The summed E-state index contributed by atoms with van der Waals surface area (Å²) in [5.74, 6) is 0. The molecule has 0 bridgehead atoms. The molecule has 0 amide bonds. The van der Waals surface area contributed by atoms with Crippen LogP contribution >= 0.6 is 15.9 Å². The number of rotatable bonds is 6. The second-order valence-electron chi connectivity index (χ2n) is 4.84. The second-order valence-corrected chi connectivity index (χ2v) is 5.75. The molecule has 1 heterocycles. The van der Waals surface area contributed by atoms with Crippen LogP contribution in [0.2, 0.25) is 0 Å². The van der Waals surface area contributed by atoms with Crippen LogP contribution in [-0.4, -0.2) is 18.6 Å². The fraction of sp³-hybridized carbons (Fsp3) is 0.438. The third-order valence-electron chi connectivity index (χ3n) is 3.25. The van der Waals surface area contributed by atoms with Crippen LogP contribution in [0, 0.1) is 0 Å². The predicted octanol–water partition coefficient (Wildman–Crippen LogP) is 4.53. The summed E-state index contributed by atoms with van der Waals surface area (Å²) < 4.78 is 6.33. The third kappa shape index (κ3) is 3.30. The highest BCUT2D eigenvalue weighted by Crippen LogP contribution is 2.30. The molecule has 0 atom stereocenters. The van der Waals surface area contributed by atoms with E-state index in [1.165, 1.54) is 10.9 Å². The van der Waals surface area contributed by atoms with Crippen molar-refractivity contribution in [3.8, 4) is 0 Å². The average molecular weight is 337 g/mol. The molecule has 0 spiro atoms. The van der Waals surface area contributed by atoms with Crippen molar-refractivity contribution in [1.29, 1.82) is 0 Å². The maximum Gasteiger partial charge on any atom is 0.0885 e. The normalized spacial score (nSPS) is 11.0. The Morgan fingerprint density at radius 1 is 1.25 bits per heavy atom. The number of nitrogens with one attached hydrogen (secondary N) is 1. The van der Waals surface area contributed by atoms with E-state index in [-0.39, 0.29) is 0 Å². The molecule has 0 aliphatic rings. The van der Waals surface area contributed by atoms with Crippen molar-refractivity contribution >= 4 is 32.5 Å². The molecule has 1 aromatic heterocycles. The molecule has 20 heavy (non-hydrogen) atoms. The molecule has 4 heteroatoms. The SMILES string of the molecule is CCCNc1cc(COC)nc2c(CC)cc(Br)cc12. The number of methoxy groups -OCH3 is 1. The molecule has 0 unspecified atom stereocenters. The molecule has 2 rings (SSSR count). The van der Waals surface area contributed by atoms with Crippen LogP contribution in [0.4, 0.5) is 5.69 Å². The van der Waals surface area contributed by atoms with Crippen LogP contribution in [0.15, 0.2) is 22.7 Å². The minimum absolute atomic E-state index is 0.538. The Hall–Kier alpha value is -1.13. The van der Waals surface area contributed by atoms with Gasteiger partial charge in [-0.1, -0.05) is 29.8 Å². The molecule has 0 aliphatic carbocycles. The van der Waals surface area contributed by atoms with E-state index in [1.807, 2.05) is 0 Å². The Morgan fingerprint density at radius 2 is 2.05 bits per heavy atom. The van der Waals surface area contributed by atoms with Crippen molar-refractivity contribution in [2.75, 3.05) is 19.0 Å². The van der Waals surface area contributed by atoms with Gasteiger partial charge in [0.15, 0.2) is 0 Å². The molecular weight excluding hydrogens is 316 g/mol. The van der Waals surface area contributed by atoms with Crippen molar-refractivity contribution in [3.05, 3.63) is 33.9 Å². The monoisotopic (exact) mass is 336 g/mol. The number of pyridine rings is 1. The first-order chi connectivity index (χ1) is 9.69. The van der Waals surface area contributed by atoms with Crippen LogP contribution in [0.5, 0.6) is 0 Å². The second kappa shape index (κ2) is 7.04. The lowest BCUT2D eigenvalue weighted by Crippen LogP contribution is -2.04. The molecule has 1 aromatic carbocycles. The van der Waals surface area contributed by atoms with E-state index in [2.05, 4.69) is 53.3 Å². The number of nitrogens with zero attached hydrogens (tertiary/aromatic N) is 1. The highest BCUT2D eigenvalue weighted by atomic mass is 79.9. The van der Waals surface area contributed by atoms with Gasteiger partial charge in [-0.25, -0.2) is 4.98 Å². The number of ether oxygens (including phenoxy) is 1. The van der Waals surface area contributed by atoms with E-state index < -0.39 is 0 Å². The summed E-state index contributed by atoms with van der Waals surface area (Å²) in [6, 6.07) is 6.37. The van der Waals surface area contributed by atoms with Crippen LogP contribution < -0.4 is 5.32 Å². The van der Waals surface area contributed by atoms with E-state index in [1.54, 1.807) is 7.11 Å². The zero-order valence-corrected chi connectivity index (χ0v) is 13.9. The summed E-state index contributed by atoms with van der Waals surface area (Å²) >= 11 is 3.60. The quantitative estimate of drug-likeness (QED) is 0.841. The van der Waals surface area contributed by atoms with E-state index in [0.29, 0.717) is 6.61 Å². The van der Waals surface area contributed by atoms with Gasteiger partial charge in [0.25, 0.3) is 0 Å². The first-order valence-corrected chi connectivity index (χ1v) is 7.83. The largest absolute Gasteiger partial charge is 0.384 e. The smallest absolute Gasteiger partial charge is 0.0885 e. The van der Waals surface area contributed by atoms with E-state index >= 15 is 0 Å². The van der Waals surface area contributed by atoms with Crippen molar-refractivity contribution in [1.82, 2.24) is 4.98 Å². The maximum absolute atomic E-state index is 5.23. The summed E-state index contributed by atoms with van der Waals surface area (Å²) in [5.41, 5.74) is 4.44. The summed E-state index contributed by atoms with van der Waals surface area (Å²) in [6.45, 7) is 5.82. The Bertz CT molecular complexity index is 599. The van der Waals surface area contributed by atoms with E-state index in [9.17, 15) is 0 Å². The maximum atomic E-state index is 5.23. The zero-order chi connectivity index (χ0) is 14.5. The standard InChI is InChI=1S/C16H21BrN2O/c1-4-6-18-15-9-13(10-20-3)19-16-11(5-2)7-12(17)8-14(15)16/h7-9H,4-6,10H2,1-3H3,(H,18,19). The molecule has 3 nitrogen and oxygen atoms in total. The number of aryl methyl sites for hydroxylation is 1. The summed E-state index contributed by atoms with van der Waals surface area (Å²) in [7, 11) is 1.70. The number of fused-ring (bicyclic) bond motifs is 1. The number of halogens is 1. The summed E-state index contributed by atoms with van der Waals surface area (Å²) in [4.78, 5) is 4.76. The van der Waals surface area contributed by atoms with Crippen LogP contribution in [0.25, 0.3) is 10.9 Å². The van der Waals surface area contributed by atoms with Crippen molar-refractivity contribution in [2.45, 2.75) is 33.3 Å². The molecular formula is C16H21BrN2O. The predicted molar refractivity (Wildman–Crippen MR) is 88.3 cm³/mol. The highest BCUT2D eigenvalue weighted by molar-refractivity contribution is 9.10. The molecule has 0 saturated heterocycles. The molecule has 0 radical (unpaired) electrons.